The average Bonchev–Trinajstić information content (AvgIpc) is 2.55. The highest BCUT2D eigenvalue weighted by Gasteiger charge is 2.33. The second-order valence-corrected chi connectivity index (χ2v) is 32.7. The first-order valence-corrected chi connectivity index (χ1v) is 36.8. The molecular weight excluding hydrogens is 1170 g/mol. The molecule has 5 aromatic rings. The van der Waals surface area contributed by atoms with Crippen molar-refractivity contribution in [2.75, 3.05) is 65.4 Å². The van der Waals surface area contributed by atoms with E-state index in [1.165, 1.54) is 21.5 Å². The predicted octanol–water partition coefficient (Wildman–Crippen LogP) is 12.0. The van der Waals surface area contributed by atoms with Crippen LogP contribution in [0.1, 0.15) is 136 Å². The molecule has 0 saturated heterocycles. The maximum absolute atomic E-state index is 15.0. The number of hydrogen-bond donors (Lipinski definition) is 0. The second kappa shape index (κ2) is 29.6. The number of likely N-dealkylation sites (N-methyl/N-ethyl adjacent to an activating group) is 1. The smallest absolute Gasteiger partial charge is 0.207 e. The molecule has 0 aliphatic rings. The lowest BCUT2D eigenvalue weighted by molar-refractivity contribution is 0.347. The largest absolute Gasteiger partial charge is 0.243 e. The van der Waals surface area contributed by atoms with E-state index in [0.717, 1.165) is 27.8 Å². The van der Waals surface area contributed by atoms with Crippen LogP contribution in [0.5, 0.6) is 0 Å². The molecule has 0 aromatic heterocycles. The Bertz CT molecular complexity index is 3730. The summed E-state index contributed by atoms with van der Waals surface area (Å²) in [5, 5.41) is 0. The molecule has 0 saturated carbocycles. The van der Waals surface area contributed by atoms with Crippen LogP contribution in [0.2, 0.25) is 0 Å². The van der Waals surface area contributed by atoms with Crippen molar-refractivity contribution >= 4 is 50.1 Å². The number of nitrogens with zero attached hydrogens (tertiary/aromatic N) is 5. The van der Waals surface area contributed by atoms with Crippen molar-refractivity contribution in [2.24, 2.45) is 0 Å². The van der Waals surface area contributed by atoms with E-state index in [1.54, 1.807) is 95.2 Å². The molecule has 20 heteroatoms. The van der Waals surface area contributed by atoms with Crippen LogP contribution >= 0.6 is 0 Å². The minimum atomic E-state index is -4.14. The quantitative estimate of drug-likeness (QED) is 0.0305. The van der Waals surface area contributed by atoms with Gasteiger partial charge in [0.05, 0.1) is 24.5 Å². The molecular formula is C65H95N5O10S5. The van der Waals surface area contributed by atoms with Gasteiger partial charge in [0.2, 0.25) is 50.1 Å². The summed E-state index contributed by atoms with van der Waals surface area (Å²) < 4.78 is 152. The van der Waals surface area contributed by atoms with Crippen molar-refractivity contribution in [3.05, 3.63) is 156 Å². The minimum Gasteiger partial charge on any atom is -0.207 e. The Labute approximate surface area is 512 Å². The van der Waals surface area contributed by atoms with E-state index in [-0.39, 0.29) is 103 Å². The van der Waals surface area contributed by atoms with Gasteiger partial charge in [-0.1, -0.05) is 114 Å². The van der Waals surface area contributed by atoms with Crippen LogP contribution in [0.25, 0.3) is 0 Å². The standard InChI is InChI=1S/C65H95N5O10S5/c1-18-66(81(71,72)61-51(8)36-46(3)37-52(61)9)28-20-22-30-68(83(75,76)63-55(12)40-48(5)41-56(63)13)32-24-26-34-70(85(79,80)65-59(16)44-50(7)45-60(65)17)35-27-25-33-69(84(77,78)64-57(14)42-49(6)43-58(64)15)31-23-21-29-67(19-2)82(73,74)62-53(10)38-47(4)39-54(62)11/h20,22,36-45H,18-19,21,23-35H2,1-17H3/b22-20-. The van der Waals surface area contributed by atoms with E-state index >= 15 is 0 Å². The summed E-state index contributed by atoms with van der Waals surface area (Å²) in [6.45, 7) is 31.8. The Morgan fingerprint density at radius 3 is 0.647 bits per heavy atom. The first-order valence-electron chi connectivity index (χ1n) is 29.6. The zero-order valence-electron chi connectivity index (χ0n) is 53.6. The van der Waals surface area contributed by atoms with E-state index < -0.39 is 50.1 Å². The molecule has 0 aliphatic carbocycles. The van der Waals surface area contributed by atoms with Gasteiger partial charge in [0, 0.05) is 65.4 Å². The Morgan fingerprint density at radius 1 is 0.259 bits per heavy atom. The first kappa shape index (κ1) is 71.1. The summed E-state index contributed by atoms with van der Waals surface area (Å²) in [4.78, 5) is 1.14. The molecule has 0 spiro atoms. The molecule has 0 aliphatic heterocycles. The first-order chi connectivity index (χ1) is 39.5. The number of rotatable bonds is 31. The number of aryl methyl sites for hydroxylation is 15. The van der Waals surface area contributed by atoms with E-state index in [4.69, 9.17) is 0 Å². The van der Waals surface area contributed by atoms with Crippen LogP contribution in [0.4, 0.5) is 0 Å². The van der Waals surface area contributed by atoms with Crippen molar-refractivity contribution in [2.45, 2.75) is 181 Å². The molecule has 0 N–H and O–H groups in total. The molecule has 5 rings (SSSR count). The molecule has 470 valence electrons. The minimum absolute atomic E-state index is 0.0142. The maximum Gasteiger partial charge on any atom is 0.243 e. The Kier molecular flexibility index (Phi) is 24.8. The van der Waals surface area contributed by atoms with Gasteiger partial charge >= 0.3 is 0 Å². The van der Waals surface area contributed by atoms with E-state index in [2.05, 4.69) is 0 Å². The highest BCUT2D eigenvalue weighted by atomic mass is 32.2. The van der Waals surface area contributed by atoms with Gasteiger partial charge in [0.15, 0.2) is 0 Å². The third kappa shape index (κ3) is 17.0. The average molecular weight is 1270 g/mol. The van der Waals surface area contributed by atoms with Crippen molar-refractivity contribution in [3.63, 3.8) is 0 Å². The van der Waals surface area contributed by atoms with E-state index in [9.17, 15) is 42.1 Å². The number of hydrogen-bond acceptors (Lipinski definition) is 10. The highest BCUT2D eigenvalue weighted by Crippen LogP contribution is 2.32. The van der Waals surface area contributed by atoms with E-state index in [1.807, 2.05) is 95.3 Å². The molecule has 85 heavy (non-hydrogen) atoms. The van der Waals surface area contributed by atoms with Crippen LogP contribution in [0.15, 0.2) is 97.3 Å². The van der Waals surface area contributed by atoms with Crippen LogP contribution in [-0.4, -0.2) is 129 Å². The molecule has 0 atom stereocenters. The summed E-state index contributed by atoms with van der Waals surface area (Å²) in [5.41, 5.74) is 10.9. The molecule has 0 unspecified atom stereocenters. The monoisotopic (exact) mass is 1270 g/mol. The third-order valence-electron chi connectivity index (χ3n) is 15.7. The van der Waals surface area contributed by atoms with E-state index in [0.29, 0.717) is 81.3 Å². The van der Waals surface area contributed by atoms with Gasteiger partial charge in [-0.05, 0) is 198 Å². The van der Waals surface area contributed by atoms with Gasteiger partial charge in [-0.3, -0.25) is 0 Å². The lowest BCUT2D eigenvalue weighted by Gasteiger charge is -2.27. The van der Waals surface area contributed by atoms with Gasteiger partial charge in [0.25, 0.3) is 0 Å². The molecule has 0 heterocycles. The predicted molar refractivity (Wildman–Crippen MR) is 345 cm³/mol. The highest BCUT2D eigenvalue weighted by molar-refractivity contribution is 7.90. The van der Waals surface area contributed by atoms with Crippen molar-refractivity contribution in [1.82, 2.24) is 21.5 Å². The van der Waals surface area contributed by atoms with Crippen LogP contribution in [-0.2, 0) is 50.1 Å². The maximum atomic E-state index is 15.0. The lowest BCUT2D eigenvalue weighted by atomic mass is 10.1. The van der Waals surface area contributed by atoms with Crippen LogP contribution < -0.4 is 0 Å². The molecule has 0 fully saturated rings. The van der Waals surface area contributed by atoms with Crippen molar-refractivity contribution < 1.29 is 42.1 Å². The molecule has 5 aromatic carbocycles. The molecule has 0 amide bonds. The van der Waals surface area contributed by atoms with Gasteiger partial charge in [-0.25, -0.2) is 42.1 Å². The van der Waals surface area contributed by atoms with Gasteiger partial charge < -0.3 is 0 Å². The summed E-state index contributed by atoms with van der Waals surface area (Å²) >= 11 is 0. The second-order valence-electron chi connectivity index (χ2n) is 23.4. The number of sulfonamides is 5. The Hall–Kier alpha value is -4.61. The zero-order chi connectivity index (χ0) is 63.7. The topological polar surface area (TPSA) is 187 Å². The number of unbranched alkanes of at least 4 members (excludes halogenated alkanes) is 3. The fraction of sp³-hybridized carbons (Fsp3) is 0.508. The fourth-order valence-electron chi connectivity index (χ4n) is 12.5. The summed E-state index contributed by atoms with van der Waals surface area (Å²) in [5.74, 6) is 0. The Balaban J connectivity index is 1.40. The normalized spacial score (nSPS) is 13.1. The summed E-state index contributed by atoms with van der Waals surface area (Å²) in [6, 6.07) is 18.4. The lowest BCUT2D eigenvalue weighted by Crippen LogP contribution is -2.37. The zero-order valence-corrected chi connectivity index (χ0v) is 57.7. The Morgan fingerprint density at radius 2 is 0.424 bits per heavy atom. The molecule has 0 bridgehead atoms. The van der Waals surface area contributed by atoms with Crippen LogP contribution in [0.3, 0.4) is 0 Å². The molecule has 15 nitrogen and oxygen atoms in total. The fourth-order valence-corrected chi connectivity index (χ4v) is 21.9. The number of benzene rings is 5. The van der Waals surface area contributed by atoms with Crippen molar-refractivity contribution in [1.29, 1.82) is 0 Å². The summed E-state index contributed by atoms with van der Waals surface area (Å²) in [7, 11) is -20.1. The van der Waals surface area contributed by atoms with Crippen molar-refractivity contribution in [3.8, 4) is 0 Å². The summed E-state index contributed by atoms with van der Waals surface area (Å²) in [6.07, 6.45) is 5.26. The molecule has 0 radical (unpaired) electrons. The SMILES string of the molecule is CCN(C/C=C\CN(CCCCN(CCCCN(CCCCN(CC)S(=O)(=O)c1c(C)cc(C)cc1C)S(=O)(=O)c1c(C)cc(C)cc1C)S(=O)(=O)c1c(C)cc(C)cc1C)S(=O)(=O)c1c(C)cc(C)cc1C)S(=O)(=O)c1c(C)cc(C)cc1C. The van der Waals surface area contributed by atoms with Gasteiger partial charge in [-0.15, -0.1) is 0 Å². The van der Waals surface area contributed by atoms with Gasteiger partial charge in [0.1, 0.15) is 0 Å². The van der Waals surface area contributed by atoms with Gasteiger partial charge in [-0.2, -0.15) is 21.5 Å². The van der Waals surface area contributed by atoms with Crippen LogP contribution in [0, 0.1) is 104 Å². The third-order valence-corrected chi connectivity index (χ3v) is 26.8.